The Morgan fingerprint density at radius 2 is 2.00 bits per heavy atom. The summed E-state index contributed by atoms with van der Waals surface area (Å²) in [5, 5.41) is 0.580. The first kappa shape index (κ1) is 18.8. The molecular weight excluding hydrogens is 367 g/mol. The van der Waals surface area contributed by atoms with Crippen LogP contribution in [-0.4, -0.2) is 37.2 Å². The SMILES string of the molecule is COc1ccccc1C1=C2CCN(C(=O)C(F)(F)F)CCC2CC=C1Cl. The van der Waals surface area contributed by atoms with Gasteiger partial charge in [0.1, 0.15) is 5.75 Å². The van der Waals surface area contributed by atoms with Crippen LogP contribution in [0.1, 0.15) is 24.8 Å². The summed E-state index contributed by atoms with van der Waals surface area (Å²) >= 11 is 6.48. The van der Waals surface area contributed by atoms with Gasteiger partial charge in [0, 0.05) is 29.3 Å². The maximum atomic E-state index is 12.8. The molecule has 1 amide bonds. The number of likely N-dealkylation sites (tertiary alicyclic amines) is 1. The number of ether oxygens (including phenoxy) is 1. The van der Waals surface area contributed by atoms with Gasteiger partial charge in [-0.25, -0.2) is 0 Å². The molecule has 1 saturated heterocycles. The van der Waals surface area contributed by atoms with Gasteiger partial charge in [-0.3, -0.25) is 4.79 Å². The van der Waals surface area contributed by atoms with Crippen molar-refractivity contribution in [1.82, 2.24) is 4.90 Å². The van der Waals surface area contributed by atoms with Crippen molar-refractivity contribution in [1.29, 1.82) is 0 Å². The maximum absolute atomic E-state index is 12.8. The predicted molar refractivity (Wildman–Crippen MR) is 93.8 cm³/mol. The van der Waals surface area contributed by atoms with E-state index in [2.05, 4.69) is 0 Å². The fourth-order valence-corrected chi connectivity index (χ4v) is 4.00. The molecule has 1 aliphatic carbocycles. The van der Waals surface area contributed by atoms with Crippen LogP contribution in [-0.2, 0) is 4.79 Å². The van der Waals surface area contributed by atoms with Gasteiger partial charge in [-0.05, 0) is 31.2 Å². The Kier molecular flexibility index (Phi) is 5.32. The highest BCUT2D eigenvalue weighted by molar-refractivity contribution is 6.37. The Bertz CT molecular complexity index is 770. The fourth-order valence-electron chi connectivity index (χ4n) is 3.68. The van der Waals surface area contributed by atoms with Gasteiger partial charge >= 0.3 is 12.1 Å². The van der Waals surface area contributed by atoms with Crippen molar-refractivity contribution in [3.63, 3.8) is 0 Å². The molecule has 0 aromatic heterocycles. The Morgan fingerprint density at radius 1 is 1.27 bits per heavy atom. The molecule has 1 atom stereocenters. The lowest BCUT2D eigenvalue weighted by molar-refractivity contribution is -0.185. The van der Waals surface area contributed by atoms with Crippen LogP contribution in [0.4, 0.5) is 13.2 Å². The van der Waals surface area contributed by atoms with E-state index in [1.165, 1.54) is 0 Å². The van der Waals surface area contributed by atoms with Crippen molar-refractivity contribution in [2.45, 2.75) is 25.4 Å². The van der Waals surface area contributed by atoms with E-state index in [4.69, 9.17) is 16.3 Å². The summed E-state index contributed by atoms with van der Waals surface area (Å²) in [6.07, 6.45) is -1.43. The van der Waals surface area contributed by atoms with Gasteiger partial charge in [0.25, 0.3) is 0 Å². The van der Waals surface area contributed by atoms with Gasteiger partial charge in [0.15, 0.2) is 0 Å². The summed E-state index contributed by atoms with van der Waals surface area (Å²) in [6, 6.07) is 7.44. The smallest absolute Gasteiger partial charge is 0.471 e. The molecule has 1 aromatic carbocycles. The highest BCUT2D eigenvalue weighted by Crippen LogP contribution is 2.44. The summed E-state index contributed by atoms with van der Waals surface area (Å²) in [5.74, 6) is -1.03. The molecule has 1 heterocycles. The third-order valence-corrected chi connectivity index (χ3v) is 5.28. The van der Waals surface area contributed by atoms with Crippen LogP contribution in [0.3, 0.4) is 0 Å². The average molecular weight is 386 g/mol. The van der Waals surface area contributed by atoms with Gasteiger partial charge in [-0.15, -0.1) is 0 Å². The van der Waals surface area contributed by atoms with Crippen LogP contribution in [0.5, 0.6) is 5.75 Å². The zero-order chi connectivity index (χ0) is 18.9. The number of halogens is 4. The number of benzene rings is 1. The van der Waals surface area contributed by atoms with E-state index in [1.54, 1.807) is 7.11 Å². The molecule has 1 fully saturated rings. The molecule has 0 N–H and O–H groups in total. The van der Waals surface area contributed by atoms with E-state index in [0.29, 0.717) is 30.0 Å². The number of methoxy groups -OCH3 is 1. The number of amides is 1. The molecule has 140 valence electrons. The number of carbonyl (C=O) groups excluding carboxylic acids is 1. The molecule has 0 saturated carbocycles. The fraction of sp³-hybridized carbons (Fsp3) is 0.421. The van der Waals surface area contributed by atoms with E-state index >= 15 is 0 Å². The first-order valence-electron chi connectivity index (χ1n) is 8.41. The summed E-state index contributed by atoms with van der Waals surface area (Å²) < 4.78 is 43.8. The number of rotatable bonds is 2. The van der Waals surface area contributed by atoms with Gasteiger partial charge in [0.05, 0.1) is 7.11 Å². The summed E-state index contributed by atoms with van der Waals surface area (Å²) in [5.41, 5.74) is 2.65. The number of allylic oxidation sites excluding steroid dienone is 3. The van der Waals surface area contributed by atoms with Gasteiger partial charge < -0.3 is 9.64 Å². The van der Waals surface area contributed by atoms with E-state index < -0.39 is 12.1 Å². The Morgan fingerprint density at radius 3 is 2.69 bits per heavy atom. The molecule has 1 unspecified atom stereocenters. The van der Waals surface area contributed by atoms with Crippen LogP contribution in [0.2, 0.25) is 0 Å². The molecule has 0 spiro atoms. The standard InChI is InChI=1S/C19H19ClF3NO2/c1-26-16-5-3-2-4-14(16)17-13-9-11-24(18(25)19(21,22)23)10-8-12(13)6-7-15(17)20/h2-5,7,12H,6,8-11H2,1H3. The minimum atomic E-state index is -4.84. The van der Waals surface area contributed by atoms with Gasteiger partial charge in [-0.2, -0.15) is 13.2 Å². The van der Waals surface area contributed by atoms with Crippen LogP contribution < -0.4 is 4.74 Å². The highest BCUT2D eigenvalue weighted by Gasteiger charge is 2.43. The molecule has 26 heavy (non-hydrogen) atoms. The molecule has 0 radical (unpaired) electrons. The second kappa shape index (κ2) is 7.35. The van der Waals surface area contributed by atoms with Crippen molar-refractivity contribution < 1.29 is 22.7 Å². The van der Waals surface area contributed by atoms with Crippen LogP contribution in [0, 0.1) is 5.92 Å². The second-order valence-electron chi connectivity index (χ2n) is 6.41. The Hall–Kier alpha value is -1.95. The minimum absolute atomic E-state index is 0.0347. The van der Waals surface area contributed by atoms with Gasteiger partial charge in [0.2, 0.25) is 0 Å². The summed E-state index contributed by atoms with van der Waals surface area (Å²) in [4.78, 5) is 12.5. The largest absolute Gasteiger partial charge is 0.496 e. The number of alkyl halides is 3. The maximum Gasteiger partial charge on any atom is 0.471 e. The lowest BCUT2D eigenvalue weighted by atomic mass is 9.81. The van der Waals surface area contributed by atoms with Crippen LogP contribution >= 0.6 is 11.6 Å². The van der Waals surface area contributed by atoms with Crippen molar-refractivity contribution in [2.24, 2.45) is 5.92 Å². The highest BCUT2D eigenvalue weighted by atomic mass is 35.5. The topological polar surface area (TPSA) is 29.5 Å². The summed E-state index contributed by atoms with van der Waals surface area (Å²) in [7, 11) is 1.57. The number of carbonyl (C=O) groups is 1. The number of hydrogen-bond acceptors (Lipinski definition) is 2. The van der Waals surface area contributed by atoms with Crippen molar-refractivity contribution >= 4 is 23.1 Å². The third kappa shape index (κ3) is 3.61. The second-order valence-corrected chi connectivity index (χ2v) is 6.82. The molecular formula is C19H19ClF3NO2. The minimum Gasteiger partial charge on any atom is -0.496 e. The number of fused-ring (bicyclic) bond motifs is 1. The number of nitrogens with zero attached hydrogens (tertiary/aromatic N) is 1. The lowest BCUT2D eigenvalue weighted by Crippen LogP contribution is -2.41. The molecule has 3 rings (SSSR count). The average Bonchev–Trinajstić information content (AvgIpc) is 2.83. The first-order chi connectivity index (χ1) is 12.3. The van der Waals surface area contributed by atoms with Crippen LogP contribution in [0.15, 0.2) is 40.9 Å². The molecule has 1 aromatic rings. The first-order valence-corrected chi connectivity index (χ1v) is 8.79. The lowest BCUT2D eigenvalue weighted by Gasteiger charge is -2.26. The van der Waals surface area contributed by atoms with E-state index in [-0.39, 0.29) is 19.0 Å². The number of para-hydroxylation sites is 1. The normalized spacial score (nSPS) is 21.0. The third-order valence-electron chi connectivity index (χ3n) is 4.94. The van der Waals surface area contributed by atoms with Gasteiger partial charge in [-0.1, -0.05) is 41.4 Å². The Balaban J connectivity index is 1.98. The monoisotopic (exact) mass is 385 g/mol. The van der Waals surface area contributed by atoms with Crippen molar-refractivity contribution in [3.8, 4) is 5.75 Å². The molecule has 0 bridgehead atoms. The number of hydrogen-bond donors (Lipinski definition) is 0. The van der Waals surface area contributed by atoms with Crippen molar-refractivity contribution in [2.75, 3.05) is 20.2 Å². The van der Waals surface area contributed by atoms with E-state index in [1.807, 2.05) is 30.3 Å². The molecule has 2 aliphatic rings. The van der Waals surface area contributed by atoms with Crippen molar-refractivity contribution in [3.05, 3.63) is 46.5 Å². The Labute approximate surface area is 155 Å². The zero-order valence-electron chi connectivity index (χ0n) is 14.3. The quantitative estimate of drug-likeness (QED) is 0.733. The predicted octanol–water partition coefficient (Wildman–Crippen LogP) is 4.78. The summed E-state index contributed by atoms with van der Waals surface area (Å²) in [6.45, 7) is 0.129. The van der Waals surface area contributed by atoms with E-state index in [0.717, 1.165) is 21.6 Å². The van der Waals surface area contributed by atoms with E-state index in [9.17, 15) is 18.0 Å². The molecule has 7 heteroatoms. The van der Waals surface area contributed by atoms with Crippen LogP contribution in [0.25, 0.3) is 5.57 Å². The zero-order valence-corrected chi connectivity index (χ0v) is 15.0. The molecule has 3 nitrogen and oxygen atoms in total. The molecule has 1 aliphatic heterocycles.